The van der Waals surface area contributed by atoms with Gasteiger partial charge >= 0.3 is 0 Å². The maximum absolute atomic E-state index is 12.7. The van der Waals surface area contributed by atoms with E-state index in [-0.39, 0.29) is 0 Å². The maximum atomic E-state index is 12.7. The summed E-state index contributed by atoms with van der Waals surface area (Å²) in [6.45, 7) is 3.80. The molecule has 33 heavy (non-hydrogen) atoms. The smallest absolute Gasteiger partial charge is 0.293 e. The fraction of sp³-hybridized carbons (Fsp3) is 0.111. The number of nitriles is 1. The van der Waals surface area contributed by atoms with Crippen molar-refractivity contribution in [2.24, 2.45) is 0 Å². The molecule has 3 aromatic carbocycles. The van der Waals surface area contributed by atoms with Gasteiger partial charge in [-0.25, -0.2) is 4.98 Å². The van der Waals surface area contributed by atoms with Crippen molar-refractivity contribution in [3.05, 3.63) is 94.3 Å². The number of amides is 1. The van der Waals surface area contributed by atoms with Crippen molar-refractivity contribution < 1.29 is 9.59 Å². The van der Waals surface area contributed by atoms with Gasteiger partial charge < -0.3 is 5.32 Å². The van der Waals surface area contributed by atoms with Crippen LogP contribution in [0.25, 0.3) is 22.4 Å². The molecule has 4 aromatic rings. The lowest BCUT2D eigenvalue weighted by atomic mass is 10.0. The van der Waals surface area contributed by atoms with Crippen LogP contribution in [0, 0.1) is 25.2 Å². The number of ketones is 1. The fourth-order valence-corrected chi connectivity index (χ4v) is 4.38. The number of carbonyl (C=O) groups excluding carboxylic acids is 2. The average molecular weight is 452 g/mol. The first kappa shape index (κ1) is 22.1. The number of carbonyl (C=O) groups is 2. The first-order valence-corrected chi connectivity index (χ1v) is 11.3. The number of hydrogen-bond acceptors (Lipinski definition) is 5. The van der Waals surface area contributed by atoms with Crippen LogP contribution in [0.4, 0.5) is 5.69 Å². The van der Waals surface area contributed by atoms with E-state index in [4.69, 9.17) is 0 Å². The highest BCUT2D eigenvalue weighted by Gasteiger charge is 2.30. The summed E-state index contributed by atoms with van der Waals surface area (Å²) in [5.41, 5.74) is 6.20. The number of aromatic nitrogens is 1. The van der Waals surface area contributed by atoms with Gasteiger partial charge in [-0.15, -0.1) is 11.3 Å². The maximum Gasteiger partial charge on any atom is 0.293 e. The molecule has 0 aliphatic carbocycles. The van der Waals surface area contributed by atoms with Gasteiger partial charge in [0.15, 0.2) is 5.92 Å². The van der Waals surface area contributed by atoms with E-state index in [1.54, 1.807) is 11.4 Å². The number of nitrogens with one attached hydrogen (secondary N) is 1. The molecule has 6 heteroatoms. The molecule has 1 heterocycles. The molecule has 0 radical (unpaired) electrons. The number of benzene rings is 3. The van der Waals surface area contributed by atoms with Gasteiger partial charge in [0.1, 0.15) is 5.01 Å². The van der Waals surface area contributed by atoms with Crippen LogP contribution >= 0.6 is 11.3 Å². The van der Waals surface area contributed by atoms with Gasteiger partial charge in [0.2, 0.25) is 5.78 Å². The van der Waals surface area contributed by atoms with Crippen LogP contribution in [0.2, 0.25) is 0 Å². The predicted molar refractivity (Wildman–Crippen MR) is 131 cm³/mol. The van der Waals surface area contributed by atoms with Gasteiger partial charge in [0.05, 0.1) is 11.8 Å². The molecule has 0 fully saturated rings. The Morgan fingerprint density at radius 1 is 0.939 bits per heavy atom. The summed E-state index contributed by atoms with van der Waals surface area (Å²) in [5, 5.41) is 14.3. The second-order valence-corrected chi connectivity index (χ2v) is 8.60. The quantitative estimate of drug-likeness (QED) is 0.370. The van der Waals surface area contributed by atoms with Crippen LogP contribution in [0.15, 0.2) is 78.2 Å². The second-order valence-electron chi connectivity index (χ2n) is 7.71. The van der Waals surface area contributed by atoms with Crippen molar-refractivity contribution >= 4 is 28.7 Å². The first-order valence-electron chi connectivity index (χ1n) is 10.4. The summed E-state index contributed by atoms with van der Waals surface area (Å²) in [4.78, 5) is 29.8. The largest absolute Gasteiger partial charge is 0.319 e. The first-order chi connectivity index (χ1) is 16.0. The third-order valence-electron chi connectivity index (χ3n) is 5.30. The monoisotopic (exact) mass is 451 g/mol. The molecular formula is C27H21N3O2S. The zero-order valence-corrected chi connectivity index (χ0v) is 19.0. The Morgan fingerprint density at radius 3 is 2.27 bits per heavy atom. The third-order valence-corrected chi connectivity index (χ3v) is 6.21. The van der Waals surface area contributed by atoms with E-state index < -0.39 is 17.6 Å². The highest BCUT2D eigenvalue weighted by molar-refractivity contribution is 7.10. The number of anilines is 1. The van der Waals surface area contributed by atoms with Crippen LogP contribution in [-0.2, 0) is 9.59 Å². The molecule has 0 aliphatic rings. The Hall–Kier alpha value is -4.08. The van der Waals surface area contributed by atoms with E-state index in [0.29, 0.717) is 16.4 Å². The summed E-state index contributed by atoms with van der Waals surface area (Å²) >= 11 is 1.20. The normalized spacial score (nSPS) is 11.4. The fourth-order valence-electron chi connectivity index (χ4n) is 3.51. The zero-order chi connectivity index (χ0) is 23.4. The van der Waals surface area contributed by atoms with E-state index in [9.17, 15) is 14.9 Å². The lowest BCUT2D eigenvalue weighted by molar-refractivity contribution is -0.135. The van der Waals surface area contributed by atoms with Crippen LogP contribution < -0.4 is 5.32 Å². The number of hydrogen-bond donors (Lipinski definition) is 1. The van der Waals surface area contributed by atoms with Crippen molar-refractivity contribution in [1.29, 1.82) is 5.26 Å². The molecule has 1 N–H and O–H groups in total. The minimum absolute atomic E-state index is 0.306. The van der Waals surface area contributed by atoms with Crippen LogP contribution in [0.3, 0.4) is 0 Å². The highest BCUT2D eigenvalue weighted by Crippen LogP contribution is 2.29. The molecule has 4 rings (SSSR count). The van der Waals surface area contributed by atoms with Crippen LogP contribution in [-0.4, -0.2) is 16.7 Å². The number of thiazole rings is 1. The Bertz CT molecular complexity index is 1350. The Labute approximate surface area is 196 Å². The number of rotatable bonds is 6. The van der Waals surface area contributed by atoms with Gasteiger partial charge in [0.25, 0.3) is 5.91 Å². The van der Waals surface area contributed by atoms with E-state index in [1.165, 1.54) is 11.3 Å². The molecule has 1 aromatic heterocycles. The molecular weight excluding hydrogens is 430 g/mol. The van der Waals surface area contributed by atoms with Gasteiger partial charge in [0, 0.05) is 16.6 Å². The zero-order valence-electron chi connectivity index (χ0n) is 18.2. The summed E-state index contributed by atoms with van der Waals surface area (Å²) in [6, 6.07) is 25.4. The Balaban J connectivity index is 1.50. The van der Waals surface area contributed by atoms with Crippen molar-refractivity contribution in [3.8, 4) is 28.5 Å². The molecule has 1 atom stereocenters. The van der Waals surface area contributed by atoms with Gasteiger partial charge in [-0.2, -0.15) is 5.26 Å². The standard InChI is InChI=1S/C27H21N3O2S/c1-17-8-13-23(18(2)14-17)29-26(32)25(31)22(15-28)27-30-24(16-33-27)21-11-9-20(10-12-21)19-6-4-3-5-7-19/h3-14,16,22H,1-2H3,(H,29,32). The number of nitrogens with zero attached hydrogens (tertiary/aromatic N) is 2. The second kappa shape index (κ2) is 9.60. The van der Waals surface area contributed by atoms with E-state index in [2.05, 4.69) is 10.3 Å². The lowest BCUT2D eigenvalue weighted by Crippen LogP contribution is -2.28. The van der Waals surface area contributed by atoms with Crippen molar-refractivity contribution in [1.82, 2.24) is 4.98 Å². The Kier molecular flexibility index (Phi) is 6.43. The molecule has 0 spiro atoms. The molecule has 0 bridgehead atoms. The molecule has 1 amide bonds. The number of Topliss-reactive ketones (excluding diaryl/α,β-unsaturated/α-hetero) is 1. The SMILES string of the molecule is Cc1ccc(NC(=O)C(=O)C(C#N)c2nc(-c3ccc(-c4ccccc4)cc3)cs2)c(C)c1. The molecule has 162 valence electrons. The predicted octanol–water partition coefficient (Wildman–Crippen LogP) is 5.91. The minimum atomic E-state index is -1.25. The summed E-state index contributed by atoms with van der Waals surface area (Å²) < 4.78 is 0. The van der Waals surface area contributed by atoms with Crippen LogP contribution in [0.5, 0.6) is 0 Å². The molecule has 0 aliphatic heterocycles. The van der Waals surface area contributed by atoms with Crippen molar-refractivity contribution in [2.75, 3.05) is 5.32 Å². The summed E-state index contributed by atoms with van der Waals surface area (Å²) in [5.74, 6) is -2.90. The van der Waals surface area contributed by atoms with Gasteiger partial charge in [-0.05, 0) is 36.6 Å². The van der Waals surface area contributed by atoms with Crippen molar-refractivity contribution in [3.63, 3.8) is 0 Å². The Morgan fingerprint density at radius 2 is 1.61 bits per heavy atom. The minimum Gasteiger partial charge on any atom is -0.319 e. The number of aryl methyl sites for hydroxylation is 2. The molecule has 0 saturated carbocycles. The van der Waals surface area contributed by atoms with E-state index in [0.717, 1.165) is 27.8 Å². The topological polar surface area (TPSA) is 82.9 Å². The third kappa shape index (κ3) is 4.89. The summed E-state index contributed by atoms with van der Waals surface area (Å²) in [6.07, 6.45) is 0. The highest BCUT2D eigenvalue weighted by atomic mass is 32.1. The average Bonchev–Trinajstić information content (AvgIpc) is 3.32. The molecule has 5 nitrogen and oxygen atoms in total. The van der Waals surface area contributed by atoms with E-state index in [1.807, 2.05) is 86.6 Å². The van der Waals surface area contributed by atoms with Gasteiger partial charge in [-0.1, -0.05) is 72.3 Å². The van der Waals surface area contributed by atoms with Crippen LogP contribution in [0.1, 0.15) is 22.1 Å². The lowest BCUT2D eigenvalue weighted by Gasteiger charge is -2.10. The van der Waals surface area contributed by atoms with Gasteiger partial charge in [-0.3, -0.25) is 9.59 Å². The van der Waals surface area contributed by atoms with Crippen molar-refractivity contribution in [2.45, 2.75) is 19.8 Å². The molecule has 0 saturated heterocycles. The summed E-state index contributed by atoms with van der Waals surface area (Å²) in [7, 11) is 0. The van der Waals surface area contributed by atoms with E-state index >= 15 is 0 Å². The molecule has 1 unspecified atom stereocenters.